The lowest BCUT2D eigenvalue weighted by Crippen LogP contribution is -2.27. The van der Waals surface area contributed by atoms with E-state index in [1.165, 1.54) is 0 Å². The van der Waals surface area contributed by atoms with Gasteiger partial charge < -0.3 is 10.1 Å². The molecule has 0 spiro atoms. The zero-order chi connectivity index (χ0) is 20.2. The summed E-state index contributed by atoms with van der Waals surface area (Å²) in [5, 5.41) is 3.81. The van der Waals surface area contributed by atoms with Crippen molar-refractivity contribution in [1.82, 2.24) is 15.3 Å². The van der Waals surface area contributed by atoms with E-state index in [2.05, 4.69) is 15.3 Å². The summed E-state index contributed by atoms with van der Waals surface area (Å²) in [6, 6.07) is 22.8. The number of amides is 1. The van der Waals surface area contributed by atoms with E-state index in [0.717, 1.165) is 28.0 Å². The minimum atomic E-state index is -0.183. The van der Waals surface area contributed by atoms with Crippen LogP contribution in [0.2, 0.25) is 0 Å². The molecule has 0 aliphatic carbocycles. The van der Waals surface area contributed by atoms with Crippen molar-refractivity contribution in [3.05, 3.63) is 90.1 Å². The van der Waals surface area contributed by atoms with Crippen molar-refractivity contribution in [2.24, 2.45) is 0 Å². The Labute approximate surface area is 169 Å². The number of aromatic nitrogens is 2. The van der Waals surface area contributed by atoms with E-state index in [9.17, 15) is 4.79 Å². The van der Waals surface area contributed by atoms with Crippen molar-refractivity contribution in [1.29, 1.82) is 0 Å². The van der Waals surface area contributed by atoms with Gasteiger partial charge in [-0.15, -0.1) is 0 Å². The SMILES string of the molecule is COc1cccc(C(C)NC(=O)c2cc(-c3ccccc3)nc3ncccc23)c1. The molecule has 1 unspecified atom stereocenters. The van der Waals surface area contributed by atoms with Crippen LogP contribution in [0.5, 0.6) is 5.75 Å². The predicted molar refractivity (Wildman–Crippen MR) is 114 cm³/mol. The highest BCUT2D eigenvalue weighted by atomic mass is 16.5. The second kappa shape index (κ2) is 8.10. The average molecular weight is 383 g/mol. The maximum Gasteiger partial charge on any atom is 0.252 e. The molecule has 0 aliphatic heterocycles. The summed E-state index contributed by atoms with van der Waals surface area (Å²) >= 11 is 0. The van der Waals surface area contributed by atoms with Gasteiger partial charge in [-0.05, 0) is 42.8 Å². The molecule has 0 bridgehead atoms. The Bertz CT molecular complexity index is 1160. The smallest absolute Gasteiger partial charge is 0.252 e. The number of hydrogen-bond acceptors (Lipinski definition) is 4. The number of ether oxygens (including phenoxy) is 1. The molecule has 0 aliphatic rings. The van der Waals surface area contributed by atoms with Gasteiger partial charge in [-0.1, -0.05) is 42.5 Å². The third-order valence-corrected chi connectivity index (χ3v) is 4.84. The van der Waals surface area contributed by atoms with Gasteiger partial charge in [-0.3, -0.25) is 4.79 Å². The van der Waals surface area contributed by atoms with Crippen LogP contribution in [0.1, 0.15) is 28.9 Å². The van der Waals surface area contributed by atoms with E-state index in [-0.39, 0.29) is 11.9 Å². The summed E-state index contributed by atoms with van der Waals surface area (Å²) in [5.74, 6) is 0.589. The number of carbonyl (C=O) groups is 1. The van der Waals surface area contributed by atoms with Gasteiger partial charge in [-0.25, -0.2) is 9.97 Å². The van der Waals surface area contributed by atoms with Gasteiger partial charge in [0.2, 0.25) is 0 Å². The summed E-state index contributed by atoms with van der Waals surface area (Å²) < 4.78 is 5.29. The third kappa shape index (κ3) is 3.94. The quantitative estimate of drug-likeness (QED) is 0.538. The lowest BCUT2D eigenvalue weighted by atomic mass is 10.0. The molecule has 0 radical (unpaired) electrons. The highest BCUT2D eigenvalue weighted by Crippen LogP contribution is 2.25. The van der Waals surface area contributed by atoms with Crippen molar-refractivity contribution in [3.63, 3.8) is 0 Å². The van der Waals surface area contributed by atoms with Crippen molar-refractivity contribution < 1.29 is 9.53 Å². The van der Waals surface area contributed by atoms with Crippen molar-refractivity contribution in [2.75, 3.05) is 7.11 Å². The molecule has 0 saturated heterocycles. The normalized spacial score (nSPS) is 11.8. The Kier molecular flexibility index (Phi) is 5.20. The second-order valence-corrected chi connectivity index (χ2v) is 6.77. The molecule has 2 aromatic heterocycles. The summed E-state index contributed by atoms with van der Waals surface area (Å²) in [6.07, 6.45) is 1.69. The maximum absolute atomic E-state index is 13.2. The van der Waals surface area contributed by atoms with Crippen molar-refractivity contribution in [2.45, 2.75) is 13.0 Å². The van der Waals surface area contributed by atoms with Gasteiger partial charge in [0, 0.05) is 17.1 Å². The summed E-state index contributed by atoms with van der Waals surface area (Å²) in [7, 11) is 1.63. The number of nitrogens with zero attached hydrogens (tertiary/aromatic N) is 2. The molecule has 29 heavy (non-hydrogen) atoms. The van der Waals surface area contributed by atoms with Gasteiger partial charge in [0.15, 0.2) is 5.65 Å². The molecule has 0 fully saturated rings. The highest BCUT2D eigenvalue weighted by molar-refractivity contribution is 6.06. The topological polar surface area (TPSA) is 64.1 Å². The first-order valence-electron chi connectivity index (χ1n) is 9.41. The van der Waals surface area contributed by atoms with Gasteiger partial charge in [0.05, 0.1) is 24.4 Å². The zero-order valence-electron chi connectivity index (χ0n) is 16.3. The fourth-order valence-electron chi connectivity index (χ4n) is 3.27. The Hall–Kier alpha value is -3.73. The molecule has 4 rings (SSSR count). The van der Waals surface area contributed by atoms with Crippen LogP contribution in [0.3, 0.4) is 0 Å². The Morgan fingerprint density at radius 1 is 1.00 bits per heavy atom. The predicted octanol–water partition coefficient (Wildman–Crippen LogP) is 4.80. The van der Waals surface area contributed by atoms with Crippen LogP contribution in [-0.4, -0.2) is 23.0 Å². The molecule has 5 nitrogen and oxygen atoms in total. The molecule has 2 aromatic carbocycles. The number of carbonyl (C=O) groups excluding carboxylic acids is 1. The van der Waals surface area contributed by atoms with Crippen LogP contribution >= 0.6 is 0 Å². The van der Waals surface area contributed by atoms with Crippen LogP contribution in [0.25, 0.3) is 22.3 Å². The number of nitrogens with one attached hydrogen (secondary N) is 1. The first kappa shape index (κ1) is 18.6. The molecular formula is C24H21N3O2. The maximum atomic E-state index is 13.2. The van der Waals surface area contributed by atoms with Gasteiger partial charge in [0.1, 0.15) is 5.75 Å². The summed E-state index contributed by atoms with van der Waals surface area (Å²) in [4.78, 5) is 22.2. The fourth-order valence-corrected chi connectivity index (χ4v) is 3.27. The Morgan fingerprint density at radius 2 is 1.83 bits per heavy atom. The van der Waals surface area contributed by atoms with Crippen LogP contribution in [-0.2, 0) is 0 Å². The first-order chi connectivity index (χ1) is 14.2. The number of hydrogen-bond donors (Lipinski definition) is 1. The third-order valence-electron chi connectivity index (χ3n) is 4.84. The Morgan fingerprint density at radius 3 is 2.62 bits per heavy atom. The molecule has 0 saturated carbocycles. The van der Waals surface area contributed by atoms with E-state index >= 15 is 0 Å². The van der Waals surface area contributed by atoms with Crippen molar-refractivity contribution in [3.8, 4) is 17.0 Å². The summed E-state index contributed by atoms with van der Waals surface area (Å²) in [6.45, 7) is 1.95. The van der Waals surface area contributed by atoms with E-state index in [0.29, 0.717) is 11.2 Å². The van der Waals surface area contributed by atoms with Crippen LogP contribution in [0, 0.1) is 0 Å². The van der Waals surface area contributed by atoms with E-state index in [1.54, 1.807) is 13.3 Å². The van der Waals surface area contributed by atoms with Gasteiger partial charge >= 0.3 is 0 Å². The van der Waals surface area contributed by atoms with E-state index in [1.807, 2.05) is 79.7 Å². The molecule has 5 heteroatoms. The molecule has 1 atom stereocenters. The number of benzene rings is 2. The number of methoxy groups -OCH3 is 1. The molecule has 2 heterocycles. The number of rotatable bonds is 5. The summed E-state index contributed by atoms with van der Waals surface area (Å²) in [5.41, 5.74) is 3.73. The molecule has 4 aromatic rings. The molecule has 144 valence electrons. The zero-order valence-corrected chi connectivity index (χ0v) is 16.3. The first-order valence-corrected chi connectivity index (χ1v) is 9.41. The monoisotopic (exact) mass is 383 g/mol. The van der Waals surface area contributed by atoms with Crippen LogP contribution < -0.4 is 10.1 Å². The Balaban J connectivity index is 1.71. The molecule has 1 amide bonds. The molecule has 1 N–H and O–H groups in total. The average Bonchev–Trinajstić information content (AvgIpc) is 2.78. The second-order valence-electron chi connectivity index (χ2n) is 6.77. The van der Waals surface area contributed by atoms with E-state index < -0.39 is 0 Å². The number of fused-ring (bicyclic) bond motifs is 1. The largest absolute Gasteiger partial charge is 0.497 e. The standard InChI is InChI=1S/C24H21N3O2/c1-16(18-10-6-11-19(14-18)29-2)26-24(28)21-15-22(17-8-4-3-5-9-17)27-23-20(21)12-7-13-25-23/h3-16H,1-2H3,(H,26,28). The highest BCUT2D eigenvalue weighted by Gasteiger charge is 2.17. The minimum Gasteiger partial charge on any atom is -0.497 e. The van der Waals surface area contributed by atoms with Crippen molar-refractivity contribution >= 4 is 16.9 Å². The molecular weight excluding hydrogens is 362 g/mol. The lowest BCUT2D eigenvalue weighted by molar-refractivity contribution is 0.0941. The lowest BCUT2D eigenvalue weighted by Gasteiger charge is -2.16. The van der Waals surface area contributed by atoms with Gasteiger partial charge in [-0.2, -0.15) is 0 Å². The fraction of sp³-hybridized carbons (Fsp3) is 0.125. The van der Waals surface area contributed by atoms with Crippen LogP contribution in [0.15, 0.2) is 79.0 Å². The van der Waals surface area contributed by atoms with Crippen LogP contribution in [0.4, 0.5) is 0 Å². The minimum absolute atomic E-state index is 0.169. The van der Waals surface area contributed by atoms with Gasteiger partial charge in [0.25, 0.3) is 5.91 Å². The number of pyridine rings is 2. The van der Waals surface area contributed by atoms with E-state index in [4.69, 9.17) is 4.74 Å².